The zero-order valence-electron chi connectivity index (χ0n) is 15.3. The molecule has 0 radical (unpaired) electrons. The standard InChI is InChI=1S/C17H23N5O3S/c1-5-11(2)14(16(24)25-4)19-13(23)10-26-17-21-20-15(22(17)3)12-6-8-18-9-7-12/h6-9,11,14H,5,10H2,1-4H3,(H,19,23)/t11-,14+/m0/s1. The molecule has 2 rings (SSSR count). The number of aromatic nitrogens is 4. The first-order chi connectivity index (χ1) is 12.5. The van der Waals surface area contributed by atoms with Gasteiger partial charge in [-0.05, 0) is 18.1 Å². The number of carbonyl (C=O) groups excluding carboxylic acids is 2. The van der Waals surface area contributed by atoms with Crippen molar-refractivity contribution in [1.82, 2.24) is 25.1 Å². The lowest BCUT2D eigenvalue weighted by molar-refractivity contribution is -0.146. The number of esters is 1. The maximum Gasteiger partial charge on any atom is 0.328 e. The molecule has 0 spiro atoms. The lowest BCUT2D eigenvalue weighted by Crippen LogP contribution is -2.46. The number of thioether (sulfide) groups is 1. The maximum absolute atomic E-state index is 12.3. The molecule has 0 aliphatic heterocycles. The molecule has 0 saturated heterocycles. The Morgan fingerprint density at radius 2 is 2.00 bits per heavy atom. The van der Waals surface area contributed by atoms with Crippen LogP contribution in [0.25, 0.3) is 11.4 Å². The van der Waals surface area contributed by atoms with Crippen LogP contribution in [0.3, 0.4) is 0 Å². The summed E-state index contributed by atoms with van der Waals surface area (Å²) in [6, 6.07) is 3.04. The third kappa shape index (κ3) is 4.81. The molecule has 1 N–H and O–H groups in total. The quantitative estimate of drug-likeness (QED) is 0.552. The summed E-state index contributed by atoms with van der Waals surface area (Å²) in [5.41, 5.74) is 0.897. The number of ether oxygens (including phenoxy) is 1. The van der Waals surface area contributed by atoms with Crippen LogP contribution in [0.15, 0.2) is 29.7 Å². The smallest absolute Gasteiger partial charge is 0.328 e. The predicted molar refractivity (Wildman–Crippen MR) is 98.4 cm³/mol. The first-order valence-electron chi connectivity index (χ1n) is 8.27. The molecular weight excluding hydrogens is 354 g/mol. The van der Waals surface area contributed by atoms with Crippen LogP contribution in [0.2, 0.25) is 0 Å². The Hall–Kier alpha value is -2.42. The largest absolute Gasteiger partial charge is 0.467 e. The number of pyridine rings is 1. The van der Waals surface area contributed by atoms with Crippen molar-refractivity contribution < 1.29 is 14.3 Å². The van der Waals surface area contributed by atoms with Gasteiger partial charge in [-0.2, -0.15) is 0 Å². The highest BCUT2D eigenvalue weighted by Crippen LogP contribution is 2.22. The van der Waals surface area contributed by atoms with E-state index in [0.29, 0.717) is 11.0 Å². The maximum atomic E-state index is 12.3. The highest BCUT2D eigenvalue weighted by atomic mass is 32.2. The van der Waals surface area contributed by atoms with Crippen LogP contribution in [0.5, 0.6) is 0 Å². The van der Waals surface area contributed by atoms with Gasteiger partial charge in [0.15, 0.2) is 11.0 Å². The molecule has 1 amide bonds. The Kier molecular flexibility index (Phi) is 7.14. The minimum absolute atomic E-state index is 0.00970. The number of nitrogens with zero attached hydrogens (tertiary/aromatic N) is 4. The molecule has 2 atom stereocenters. The lowest BCUT2D eigenvalue weighted by Gasteiger charge is -2.21. The van der Waals surface area contributed by atoms with Gasteiger partial charge in [0.2, 0.25) is 5.91 Å². The average molecular weight is 377 g/mol. The van der Waals surface area contributed by atoms with Gasteiger partial charge in [-0.3, -0.25) is 9.78 Å². The second kappa shape index (κ2) is 9.33. The molecule has 0 unspecified atom stereocenters. The third-order valence-corrected chi connectivity index (χ3v) is 5.11. The van der Waals surface area contributed by atoms with E-state index in [4.69, 9.17) is 4.74 Å². The van der Waals surface area contributed by atoms with Crippen molar-refractivity contribution in [1.29, 1.82) is 0 Å². The van der Waals surface area contributed by atoms with Crippen molar-refractivity contribution in [3.8, 4) is 11.4 Å². The summed E-state index contributed by atoms with van der Waals surface area (Å²) >= 11 is 1.26. The van der Waals surface area contributed by atoms with Crippen molar-refractivity contribution in [3.05, 3.63) is 24.5 Å². The minimum atomic E-state index is -0.648. The van der Waals surface area contributed by atoms with Gasteiger partial charge in [-0.1, -0.05) is 32.0 Å². The van der Waals surface area contributed by atoms with Gasteiger partial charge < -0.3 is 14.6 Å². The number of carbonyl (C=O) groups is 2. The van der Waals surface area contributed by atoms with Crippen molar-refractivity contribution in [2.45, 2.75) is 31.5 Å². The van der Waals surface area contributed by atoms with E-state index < -0.39 is 12.0 Å². The van der Waals surface area contributed by atoms with Crippen LogP contribution in [0, 0.1) is 5.92 Å². The van der Waals surface area contributed by atoms with Crippen molar-refractivity contribution in [2.24, 2.45) is 13.0 Å². The Morgan fingerprint density at radius 1 is 1.31 bits per heavy atom. The van der Waals surface area contributed by atoms with Crippen LogP contribution in [0.4, 0.5) is 0 Å². The highest BCUT2D eigenvalue weighted by Gasteiger charge is 2.26. The van der Waals surface area contributed by atoms with E-state index in [-0.39, 0.29) is 17.6 Å². The molecule has 0 aliphatic carbocycles. The summed E-state index contributed by atoms with van der Waals surface area (Å²) < 4.78 is 6.60. The van der Waals surface area contributed by atoms with Crippen LogP contribution in [-0.4, -0.2) is 50.5 Å². The van der Waals surface area contributed by atoms with Crippen molar-refractivity contribution >= 4 is 23.6 Å². The molecule has 26 heavy (non-hydrogen) atoms. The molecule has 9 heteroatoms. The van der Waals surface area contributed by atoms with Gasteiger partial charge in [0.1, 0.15) is 6.04 Å². The number of hydrogen-bond acceptors (Lipinski definition) is 7. The number of amides is 1. The van der Waals surface area contributed by atoms with Gasteiger partial charge >= 0.3 is 5.97 Å². The lowest BCUT2D eigenvalue weighted by atomic mass is 9.99. The predicted octanol–water partition coefficient (Wildman–Crippen LogP) is 1.67. The Bertz CT molecular complexity index is 750. The average Bonchev–Trinajstić information content (AvgIpc) is 3.04. The van der Waals surface area contributed by atoms with E-state index in [1.54, 1.807) is 12.4 Å². The summed E-state index contributed by atoms with van der Waals surface area (Å²) in [4.78, 5) is 28.1. The summed E-state index contributed by atoms with van der Waals surface area (Å²) in [6.45, 7) is 3.86. The number of hydrogen-bond donors (Lipinski definition) is 1. The number of nitrogens with one attached hydrogen (secondary N) is 1. The third-order valence-electron chi connectivity index (χ3n) is 4.09. The minimum Gasteiger partial charge on any atom is -0.467 e. The van der Waals surface area contributed by atoms with Gasteiger partial charge in [-0.15, -0.1) is 10.2 Å². The monoisotopic (exact) mass is 377 g/mol. The first-order valence-corrected chi connectivity index (χ1v) is 9.26. The van der Waals surface area contributed by atoms with Gasteiger partial charge in [-0.25, -0.2) is 4.79 Å². The van der Waals surface area contributed by atoms with Crippen LogP contribution < -0.4 is 5.32 Å². The molecule has 2 aromatic heterocycles. The van der Waals surface area contributed by atoms with Crippen molar-refractivity contribution in [3.63, 3.8) is 0 Å². The van der Waals surface area contributed by atoms with Gasteiger partial charge in [0, 0.05) is 25.0 Å². The van der Waals surface area contributed by atoms with Crippen LogP contribution in [0.1, 0.15) is 20.3 Å². The molecule has 0 bridgehead atoms. The molecule has 2 aromatic rings. The summed E-state index contributed by atoms with van der Waals surface area (Å²) in [5.74, 6) is 0.133. The van der Waals surface area contributed by atoms with E-state index in [2.05, 4.69) is 20.5 Å². The molecule has 140 valence electrons. The van der Waals surface area contributed by atoms with Gasteiger partial charge in [0.25, 0.3) is 0 Å². The number of methoxy groups -OCH3 is 1. The number of rotatable bonds is 8. The second-order valence-electron chi connectivity index (χ2n) is 5.84. The van der Waals surface area contributed by atoms with E-state index in [1.807, 2.05) is 37.6 Å². The molecule has 2 heterocycles. The molecular formula is C17H23N5O3S. The van der Waals surface area contributed by atoms with E-state index in [1.165, 1.54) is 18.9 Å². The highest BCUT2D eigenvalue weighted by molar-refractivity contribution is 7.99. The van der Waals surface area contributed by atoms with E-state index in [0.717, 1.165) is 12.0 Å². The molecule has 8 nitrogen and oxygen atoms in total. The topological polar surface area (TPSA) is 99.0 Å². The Labute approximate surface area is 156 Å². The molecule has 0 saturated carbocycles. The first kappa shape index (κ1) is 19.9. The fourth-order valence-corrected chi connectivity index (χ4v) is 3.06. The summed E-state index contributed by atoms with van der Waals surface area (Å²) in [6.07, 6.45) is 4.13. The zero-order valence-corrected chi connectivity index (χ0v) is 16.1. The van der Waals surface area contributed by atoms with Gasteiger partial charge in [0.05, 0.1) is 12.9 Å². The molecule has 0 aromatic carbocycles. The summed E-state index contributed by atoms with van der Waals surface area (Å²) in [7, 11) is 3.16. The SMILES string of the molecule is CC[C@H](C)[C@@H](NC(=O)CSc1nnc(-c2ccncc2)n1C)C(=O)OC. The Balaban J connectivity index is 1.99. The zero-order chi connectivity index (χ0) is 19.1. The van der Waals surface area contributed by atoms with Crippen molar-refractivity contribution in [2.75, 3.05) is 12.9 Å². The fraction of sp³-hybridized carbons (Fsp3) is 0.471. The summed E-state index contributed by atoms with van der Waals surface area (Å²) in [5, 5.41) is 11.7. The second-order valence-corrected chi connectivity index (χ2v) is 6.79. The fourth-order valence-electron chi connectivity index (χ4n) is 2.33. The molecule has 0 fully saturated rings. The Morgan fingerprint density at radius 3 is 2.62 bits per heavy atom. The van der Waals surface area contributed by atoms with Crippen LogP contribution in [-0.2, 0) is 21.4 Å². The van der Waals surface area contributed by atoms with E-state index >= 15 is 0 Å². The van der Waals surface area contributed by atoms with E-state index in [9.17, 15) is 9.59 Å². The molecule has 0 aliphatic rings. The van der Waals surface area contributed by atoms with Crippen LogP contribution >= 0.6 is 11.8 Å². The normalized spacial score (nSPS) is 13.1.